The van der Waals surface area contributed by atoms with E-state index in [1.165, 1.54) is 6.42 Å². The molecule has 0 unspecified atom stereocenters. The van der Waals surface area contributed by atoms with Crippen molar-refractivity contribution in [3.05, 3.63) is 0 Å². The highest BCUT2D eigenvalue weighted by Crippen LogP contribution is 2.51. The molecular formula is C17H37N3O2. The van der Waals surface area contributed by atoms with E-state index < -0.39 is 0 Å². The Morgan fingerprint density at radius 3 is 1.82 bits per heavy atom. The van der Waals surface area contributed by atoms with Crippen LogP contribution in [0.5, 0.6) is 0 Å². The lowest BCUT2D eigenvalue weighted by atomic mass is 10.1. The second-order valence-electron chi connectivity index (χ2n) is 8.13. The quantitative estimate of drug-likeness (QED) is 0.455. The van der Waals surface area contributed by atoms with Crippen molar-refractivity contribution in [2.75, 3.05) is 26.3 Å². The van der Waals surface area contributed by atoms with Gasteiger partial charge in [0.1, 0.15) is 0 Å². The number of rotatable bonds is 8. The van der Waals surface area contributed by atoms with Gasteiger partial charge in [0.05, 0.1) is 0 Å². The van der Waals surface area contributed by atoms with Crippen molar-refractivity contribution in [3.63, 3.8) is 0 Å². The highest BCUT2D eigenvalue weighted by Gasteiger charge is 2.50. The summed E-state index contributed by atoms with van der Waals surface area (Å²) < 4.78 is 0. The minimum atomic E-state index is -0.112. The zero-order valence-corrected chi connectivity index (χ0v) is 15.0. The Kier molecular flexibility index (Phi) is 7.27. The van der Waals surface area contributed by atoms with Crippen LogP contribution >= 0.6 is 0 Å². The number of hydrogen-bond acceptors (Lipinski definition) is 5. The highest BCUT2D eigenvalue weighted by molar-refractivity contribution is 5.09. The van der Waals surface area contributed by atoms with E-state index in [-0.39, 0.29) is 12.1 Å². The fourth-order valence-electron chi connectivity index (χ4n) is 2.70. The van der Waals surface area contributed by atoms with E-state index in [1.54, 1.807) is 0 Å². The van der Waals surface area contributed by atoms with Gasteiger partial charge in [-0.3, -0.25) is 0 Å². The molecule has 5 nitrogen and oxygen atoms in total. The van der Waals surface area contributed by atoms with Crippen molar-refractivity contribution in [2.45, 2.75) is 65.1 Å². The first-order valence-corrected chi connectivity index (χ1v) is 8.64. The topological polar surface area (TPSA) is 90.5 Å². The molecule has 0 bridgehead atoms. The summed E-state index contributed by atoms with van der Waals surface area (Å²) in [5, 5.41) is 24.4. The van der Waals surface area contributed by atoms with E-state index in [0.29, 0.717) is 35.9 Å². The van der Waals surface area contributed by atoms with Gasteiger partial charge in [0, 0.05) is 49.8 Å². The zero-order valence-electron chi connectivity index (χ0n) is 15.0. The minimum Gasteiger partial charge on any atom is -0.396 e. The number of nitrogens with one attached hydrogen (secondary N) is 2. The van der Waals surface area contributed by atoms with Crippen molar-refractivity contribution in [1.29, 1.82) is 0 Å². The maximum atomic E-state index is 8.88. The van der Waals surface area contributed by atoms with Gasteiger partial charge in [-0.05, 0) is 24.2 Å². The molecule has 4 atom stereocenters. The third-order valence-corrected chi connectivity index (χ3v) is 5.01. The van der Waals surface area contributed by atoms with Crippen LogP contribution < -0.4 is 16.4 Å². The van der Waals surface area contributed by atoms with E-state index in [1.807, 2.05) is 0 Å². The predicted octanol–water partition coefficient (Wildman–Crippen LogP) is 0.697. The number of aliphatic hydroxyl groups excluding tert-OH is 2. The van der Waals surface area contributed by atoms with Gasteiger partial charge in [-0.1, -0.05) is 34.6 Å². The number of aliphatic hydroxyl groups is 2. The van der Waals surface area contributed by atoms with Crippen molar-refractivity contribution in [3.8, 4) is 0 Å². The van der Waals surface area contributed by atoms with Crippen LogP contribution in [0.2, 0.25) is 0 Å². The fraction of sp³-hybridized carbons (Fsp3) is 1.00. The van der Waals surface area contributed by atoms with Crippen LogP contribution in [0.4, 0.5) is 0 Å². The maximum absolute atomic E-state index is 8.88. The predicted molar refractivity (Wildman–Crippen MR) is 91.7 cm³/mol. The monoisotopic (exact) mass is 315 g/mol. The maximum Gasteiger partial charge on any atom is 0.0478 e. The van der Waals surface area contributed by atoms with Crippen LogP contribution in [0.25, 0.3) is 0 Å². The van der Waals surface area contributed by atoms with Crippen LogP contribution in [-0.2, 0) is 0 Å². The lowest BCUT2D eigenvalue weighted by molar-refractivity contribution is 0.250. The average Bonchev–Trinajstić information content (AvgIpc) is 3.31. The zero-order chi connectivity index (χ0) is 17.0. The summed E-state index contributed by atoms with van der Waals surface area (Å²) >= 11 is 0. The lowest BCUT2D eigenvalue weighted by Gasteiger charge is -2.14. The molecule has 132 valence electrons. The molecule has 0 spiro atoms. The Balaban J connectivity index is 0.000000220. The lowest BCUT2D eigenvalue weighted by Crippen LogP contribution is -2.41. The molecule has 2 aliphatic rings. The molecular weight excluding hydrogens is 278 g/mol. The first-order chi connectivity index (χ1) is 10.2. The van der Waals surface area contributed by atoms with E-state index in [0.717, 1.165) is 19.5 Å². The molecule has 0 aromatic carbocycles. The summed E-state index contributed by atoms with van der Waals surface area (Å²) in [7, 11) is 0. The van der Waals surface area contributed by atoms with E-state index in [4.69, 9.17) is 15.9 Å². The summed E-state index contributed by atoms with van der Waals surface area (Å²) in [4.78, 5) is 0. The Bertz CT molecular complexity index is 306. The summed E-state index contributed by atoms with van der Waals surface area (Å²) in [5.74, 6) is 0.877. The third-order valence-electron chi connectivity index (χ3n) is 5.01. The molecule has 2 saturated carbocycles. The second-order valence-corrected chi connectivity index (χ2v) is 8.13. The molecule has 0 aliphatic heterocycles. The smallest absolute Gasteiger partial charge is 0.0478 e. The number of nitrogens with two attached hydrogens (primary N) is 1. The Morgan fingerprint density at radius 2 is 1.45 bits per heavy atom. The molecule has 2 aliphatic carbocycles. The molecule has 0 amide bonds. The Labute approximate surface area is 136 Å². The minimum absolute atomic E-state index is 0.112. The number of hydrogen-bond donors (Lipinski definition) is 5. The molecule has 2 fully saturated rings. The first kappa shape index (κ1) is 19.8. The van der Waals surface area contributed by atoms with Crippen LogP contribution in [-0.4, -0.2) is 54.1 Å². The molecule has 0 heterocycles. The van der Waals surface area contributed by atoms with Gasteiger partial charge in [0.2, 0.25) is 0 Å². The molecule has 2 rings (SSSR count). The molecule has 0 aromatic rings. The highest BCUT2D eigenvalue weighted by atomic mass is 16.3. The Morgan fingerprint density at radius 1 is 0.955 bits per heavy atom. The average molecular weight is 316 g/mol. The van der Waals surface area contributed by atoms with Crippen LogP contribution in [0.3, 0.4) is 0 Å². The van der Waals surface area contributed by atoms with Gasteiger partial charge in [-0.15, -0.1) is 0 Å². The standard InChI is InChI=1S/C9H19NO.C8H18N2O/c1-7(2)10-6-9(3)4-8(9)5-11;1-6(2)10-5-8(9)3-7(8)4-11/h7-8,10-11H,4-6H2,1-3H3;6-7,10-11H,3-5,9H2,1-2H3/t8-,9+;7-,8-/m11/s1. The van der Waals surface area contributed by atoms with E-state index in [2.05, 4.69) is 45.3 Å². The molecule has 0 saturated heterocycles. The largest absolute Gasteiger partial charge is 0.396 e. The third kappa shape index (κ3) is 6.13. The van der Waals surface area contributed by atoms with Crippen molar-refractivity contribution < 1.29 is 10.2 Å². The molecule has 0 aromatic heterocycles. The van der Waals surface area contributed by atoms with E-state index >= 15 is 0 Å². The van der Waals surface area contributed by atoms with Gasteiger partial charge >= 0.3 is 0 Å². The van der Waals surface area contributed by atoms with Crippen molar-refractivity contribution in [1.82, 2.24) is 10.6 Å². The normalized spacial score (nSPS) is 36.3. The van der Waals surface area contributed by atoms with Gasteiger partial charge in [0.15, 0.2) is 0 Å². The van der Waals surface area contributed by atoms with Crippen LogP contribution in [0, 0.1) is 17.3 Å². The van der Waals surface area contributed by atoms with Crippen LogP contribution in [0.15, 0.2) is 0 Å². The molecule has 0 radical (unpaired) electrons. The summed E-state index contributed by atoms with van der Waals surface area (Å²) in [6.07, 6.45) is 2.15. The SMILES string of the molecule is CC(C)NC[C@]1(C)C[C@@H]1CO.CC(C)NC[C@]1(N)C[C@@H]1CO. The molecule has 22 heavy (non-hydrogen) atoms. The fourth-order valence-corrected chi connectivity index (χ4v) is 2.70. The van der Waals surface area contributed by atoms with Crippen molar-refractivity contribution in [2.24, 2.45) is 23.0 Å². The van der Waals surface area contributed by atoms with Gasteiger partial charge < -0.3 is 26.6 Å². The van der Waals surface area contributed by atoms with Gasteiger partial charge in [0.25, 0.3) is 0 Å². The molecule has 6 N–H and O–H groups in total. The summed E-state index contributed by atoms with van der Waals surface area (Å²) in [6.45, 7) is 13.2. The summed E-state index contributed by atoms with van der Waals surface area (Å²) in [5.41, 5.74) is 6.20. The van der Waals surface area contributed by atoms with E-state index in [9.17, 15) is 0 Å². The Hall–Kier alpha value is -0.200. The molecule has 5 heteroatoms. The second kappa shape index (κ2) is 8.06. The van der Waals surface area contributed by atoms with Gasteiger partial charge in [-0.2, -0.15) is 0 Å². The summed E-state index contributed by atoms with van der Waals surface area (Å²) in [6, 6.07) is 1.04. The van der Waals surface area contributed by atoms with Crippen molar-refractivity contribution >= 4 is 0 Å². The van der Waals surface area contributed by atoms with Gasteiger partial charge in [-0.25, -0.2) is 0 Å². The first-order valence-electron chi connectivity index (χ1n) is 8.64. The van der Waals surface area contributed by atoms with Crippen LogP contribution in [0.1, 0.15) is 47.5 Å².